The Bertz CT molecular complexity index is 479. The second-order valence-electron chi connectivity index (χ2n) is 3.18. The zero-order valence-electron chi connectivity index (χ0n) is 8.85. The van der Waals surface area contributed by atoms with Crippen molar-refractivity contribution in [1.82, 2.24) is 9.97 Å². The Hall–Kier alpha value is -0.970. The minimum absolute atomic E-state index is 0.0787. The van der Waals surface area contributed by atoms with Crippen LogP contribution in [-0.4, -0.2) is 30.7 Å². The molecule has 0 saturated carbocycles. The lowest BCUT2D eigenvalue weighted by atomic mass is 10.4. The number of sulfonamides is 1. The number of hydrogen-bond acceptors (Lipinski definition) is 7. The van der Waals surface area contributed by atoms with Crippen molar-refractivity contribution in [2.45, 2.75) is 6.42 Å². The summed E-state index contributed by atoms with van der Waals surface area (Å²) < 4.78 is 22.0. The molecular weight excluding hydrogens is 312 g/mol. The van der Waals surface area contributed by atoms with Crippen molar-refractivity contribution in [2.75, 3.05) is 23.0 Å². The number of aromatic nitrogens is 2. The van der Waals surface area contributed by atoms with Gasteiger partial charge in [-0.2, -0.15) is 0 Å². The predicted molar refractivity (Wildman–Crippen MR) is 68.6 cm³/mol. The molecule has 0 aliphatic carbocycles. The molecule has 10 heteroatoms. The minimum atomic E-state index is -3.42. The van der Waals surface area contributed by atoms with Gasteiger partial charge in [0.1, 0.15) is 16.6 Å². The Morgan fingerprint density at radius 3 is 2.59 bits per heavy atom. The summed E-state index contributed by atoms with van der Waals surface area (Å²) in [6, 6.07) is 0. The van der Waals surface area contributed by atoms with E-state index in [1.165, 1.54) is 6.33 Å². The van der Waals surface area contributed by atoms with Gasteiger partial charge < -0.3 is 10.7 Å². The molecule has 0 saturated heterocycles. The van der Waals surface area contributed by atoms with Crippen molar-refractivity contribution in [3.05, 3.63) is 10.8 Å². The number of primary sulfonamides is 1. The SMILES string of the molecule is NNc1ncnc(NCCCS(N)(=O)=O)c1Br. The molecule has 1 aromatic heterocycles. The quantitative estimate of drug-likeness (QED) is 0.318. The maximum absolute atomic E-state index is 10.7. The maximum Gasteiger partial charge on any atom is 0.209 e. The van der Waals surface area contributed by atoms with Crippen molar-refractivity contribution in [3.63, 3.8) is 0 Å². The first-order chi connectivity index (χ1) is 7.94. The molecule has 0 aliphatic heterocycles. The lowest BCUT2D eigenvalue weighted by molar-refractivity contribution is 0.595. The highest BCUT2D eigenvalue weighted by molar-refractivity contribution is 9.10. The zero-order chi connectivity index (χ0) is 12.9. The standard InChI is InChI=1S/C7H13BrN6O2S/c8-5-6(12-4-13-7(5)14-9)11-2-1-3-17(10,15)16/h4H,1-3,9H2,(H2,10,15,16)(H2,11,12,13,14). The van der Waals surface area contributed by atoms with Crippen LogP contribution in [-0.2, 0) is 10.0 Å². The Labute approximate surface area is 107 Å². The molecule has 1 rings (SSSR count). The van der Waals surface area contributed by atoms with Gasteiger partial charge in [0.2, 0.25) is 10.0 Å². The maximum atomic E-state index is 10.7. The molecule has 17 heavy (non-hydrogen) atoms. The highest BCUT2D eigenvalue weighted by Gasteiger charge is 2.07. The Morgan fingerprint density at radius 1 is 1.35 bits per heavy atom. The van der Waals surface area contributed by atoms with Crippen LogP contribution in [0.25, 0.3) is 0 Å². The van der Waals surface area contributed by atoms with Crippen molar-refractivity contribution < 1.29 is 8.42 Å². The first kappa shape index (κ1) is 14.1. The van der Waals surface area contributed by atoms with E-state index in [4.69, 9.17) is 11.0 Å². The van der Waals surface area contributed by atoms with E-state index in [1.54, 1.807) is 0 Å². The summed E-state index contributed by atoms with van der Waals surface area (Å²) in [5.41, 5.74) is 2.40. The van der Waals surface area contributed by atoms with Crippen LogP contribution >= 0.6 is 15.9 Å². The van der Waals surface area contributed by atoms with E-state index < -0.39 is 10.0 Å². The van der Waals surface area contributed by atoms with Gasteiger partial charge in [-0.25, -0.2) is 29.4 Å². The van der Waals surface area contributed by atoms with Gasteiger partial charge in [-0.3, -0.25) is 0 Å². The summed E-state index contributed by atoms with van der Waals surface area (Å²) in [5, 5.41) is 7.82. The molecule has 0 amide bonds. The smallest absolute Gasteiger partial charge is 0.209 e. The fourth-order valence-corrected chi connectivity index (χ4v) is 2.08. The third kappa shape index (κ3) is 4.81. The largest absolute Gasteiger partial charge is 0.369 e. The van der Waals surface area contributed by atoms with E-state index in [0.717, 1.165) is 0 Å². The van der Waals surface area contributed by atoms with Crippen molar-refractivity contribution in [1.29, 1.82) is 0 Å². The van der Waals surface area contributed by atoms with Crippen LogP contribution < -0.4 is 21.7 Å². The lowest BCUT2D eigenvalue weighted by Crippen LogP contribution is -2.19. The molecular formula is C7H13BrN6O2S. The first-order valence-corrected chi connectivity index (χ1v) is 7.16. The highest BCUT2D eigenvalue weighted by Crippen LogP contribution is 2.25. The lowest BCUT2D eigenvalue weighted by Gasteiger charge is -2.09. The zero-order valence-corrected chi connectivity index (χ0v) is 11.3. The molecule has 96 valence electrons. The number of rotatable bonds is 6. The van der Waals surface area contributed by atoms with Crippen LogP contribution in [0.3, 0.4) is 0 Å². The number of anilines is 2. The number of halogens is 1. The number of hydrazine groups is 1. The van der Waals surface area contributed by atoms with Crippen LogP contribution in [0.15, 0.2) is 10.8 Å². The van der Waals surface area contributed by atoms with Crippen LogP contribution in [0.4, 0.5) is 11.6 Å². The summed E-state index contributed by atoms with van der Waals surface area (Å²) >= 11 is 3.26. The Balaban J connectivity index is 2.52. The van der Waals surface area contributed by atoms with Gasteiger partial charge in [0.15, 0.2) is 5.82 Å². The van der Waals surface area contributed by atoms with Gasteiger partial charge in [-0.15, -0.1) is 0 Å². The van der Waals surface area contributed by atoms with Gasteiger partial charge in [0.25, 0.3) is 0 Å². The summed E-state index contributed by atoms with van der Waals surface area (Å²) in [4.78, 5) is 7.85. The number of nitrogens with two attached hydrogens (primary N) is 2. The number of nitrogens with one attached hydrogen (secondary N) is 2. The number of nitrogens with zero attached hydrogens (tertiary/aromatic N) is 2. The molecule has 0 atom stereocenters. The molecule has 6 N–H and O–H groups in total. The third-order valence-electron chi connectivity index (χ3n) is 1.82. The number of nitrogen functional groups attached to an aromatic ring is 1. The van der Waals surface area contributed by atoms with Crippen molar-refractivity contribution in [3.8, 4) is 0 Å². The van der Waals surface area contributed by atoms with E-state index in [-0.39, 0.29) is 5.75 Å². The normalized spacial score (nSPS) is 11.2. The van der Waals surface area contributed by atoms with E-state index in [1.807, 2.05) is 0 Å². The minimum Gasteiger partial charge on any atom is -0.369 e. The average Bonchev–Trinajstić information content (AvgIpc) is 2.25. The first-order valence-electron chi connectivity index (χ1n) is 4.65. The second kappa shape index (κ2) is 6.10. The van der Waals surface area contributed by atoms with Gasteiger partial charge in [0.05, 0.1) is 5.75 Å². The fourth-order valence-electron chi connectivity index (χ4n) is 1.07. The topological polar surface area (TPSA) is 136 Å². The molecule has 0 aliphatic rings. The molecule has 1 heterocycles. The van der Waals surface area contributed by atoms with Crippen molar-refractivity contribution >= 4 is 37.6 Å². The molecule has 0 spiro atoms. The van der Waals surface area contributed by atoms with Crippen LogP contribution in [0.1, 0.15) is 6.42 Å². The molecule has 0 unspecified atom stereocenters. The van der Waals surface area contributed by atoms with E-state index in [0.29, 0.717) is 29.1 Å². The summed E-state index contributed by atoms with van der Waals surface area (Å²) in [7, 11) is -3.42. The molecule has 0 radical (unpaired) electrons. The molecule has 1 aromatic rings. The van der Waals surface area contributed by atoms with Crippen LogP contribution in [0, 0.1) is 0 Å². The summed E-state index contributed by atoms with van der Waals surface area (Å²) in [6.45, 7) is 0.427. The molecule has 0 aromatic carbocycles. The van der Waals surface area contributed by atoms with E-state index >= 15 is 0 Å². The van der Waals surface area contributed by atoms with Gasteiger partial charge in [-0.05, 0) is 22.4 Å². The molecule has 8 nitrogen and oxygen atoms in total. The molecule has 0 fully saturated rings. The summed E-state index contributed by atoms with van der Waals surface area (Å²) in [6.07, 6.45) is 1.72. The van der Waals surface area contributed by atoms with Crippen LogP contribution in [0.2, 0.25) is 0 Å². The predicted octanol–water partition coefficient (Wildman–Crippen LogP) is -0.385. The second-order valence-corrected chi connectivity index (χ2v) is 5.70. The Morgan fingerprint density at radius 2 is 2.00 bits per heavy atom. The fraction of sp³-hybridized carbons (Fsp3) is 0.429. The highest BCUT2D eigenvalue weighted by atomic mass is 79.9. The van der Waals surface area contributed by atoms with E-state index in [9.17, 15) is 8.42 Å². The number of hydrogen-bond donors (Lipinski definition) is 4. The molecule has 0 bridgehead atoms. The van der Waals surface area contributed by atoms with Gasteiger partial charge in [-0.1, -0.05) is 0 Å². The summed E-state index contributed by atoms with van der Waals surface area (Å²) in [5.74, 6) is 6.13. The van der Waals surface area contributed by atoms with E-state index in [2.05, 4.69) is 36.6 Å². The van der Waals surface area contributed by atoms with Crippen molar-refractivity contribution in [2.24, 2.45) is 11.0 Å². The monoisotopic (exact) mass is 324 g/mol. The Kier molecular flexibility index (Phi) is 5.05. The van der Waals surface area contributed by atoms with Gasteiger partial charge in [0, 0.05) is 6.54 Å². The third-order valence-corrected chi connectivity index (χ3v) is 3.43. The van der Waals surface area contributed by atoms with Gasteiger partial charge >= 0.3 is 0 Å². The average molecular weight is 325 g/mol. The van der Waals surface area contributed by atoms with Crippen LogP contribution in [0.5, 0.6) is 0 Å².